The fourth-order valence-corrected chi connectivity index (χ4v) is 2.37. The predicted octanol–water partition coefficient (Wildman–Crippen LogP) is 2.93. The van der Waals surface area contributed by atoms with Gasteiger partial charge in [-0.15, -0.1) is 0 Å². The van der Waals surface area contributed by atoms with Gasteiger partial charge in [0.05, 0.1) is 0 Å². The molecule has 0 radical (unpaired) electrons. The highest BCUT2D eigenvalue weighted by Crippen LogP contribution is 2.17. The van der Waals surface area contributed by atoms with Crippen molar-refractivity contribution in [2.24, 2.45) is 5.73 Å². The Kier molecular flexibility index (Phi) is 6.69. The van der Waals surface area contributed by atoms with Crippen LogP contribution in [0.15, 0.2) is 54.6 Å². The Hall–Kier alpha value is -2.47. The van der Waals surface area contributed by atoms with Gasteiger partial charge < -0.3 is 15.4 Å². The number of ether oxygens (including phenoxy) is 1. The maximum absolute atomic E-state index is 12.6. The van der Waals surface area contributed by atoms with Crippen LogP contribution in [0.25, 0.3) is 0 Å². The van der Waals surface area contributed by atoms with Crippen LogP contribution in [0.4, 0.5) is 8.78 Å². The number of carbonyl (C=O) groups excluding carboxylic acids is 1. The summed E-state index contributed by atoms with van der Waals surface area (Å²) < 4.78 is 29.0. The Morgan fingerprint density at radius 3 is 2.50 bits per heavy atom. The number of hydrogen-bond acceptors (Lipinski definition) is 3. The molecule has 0 heterocycles. The zero-order chi connectivity index (χ0) is 17.4. The van der Waals surface area contributed by atoms with Gasteiger partial charge >= 0.3 is 6.61 Å². The van der Waals surface area contributed by atoms with Crippen molar-refractivity contribution in [1.29, 1.82) is 0 Å². The Morgan fingerprint density at radius 1 is 1.08 bits per heavy atom. The quantitative estimate of drug-likeness (QED) is 0.807. The highest BCUT2D eigenvalue weighted by molar-refractivity contribution is 5.94. The summed E-state index contributed by atoms with van der Waals surface area (Å²) in [4.78, 5) is 14.2. The monoisotopic (exact) mass is 334 g/mol. The van der Waals surface area contributed by atoms with Crippen LogP contribution in [0, 0.1) is 0 Å². The van der Waals surface area contributed by atoms with Gasteiger partial charge in [0, 0.05) is 25.2 Å². The number of nitrogens with zero attached hydrogens (tertiary/aromatic N) is 1. The molecule has 2 N–H and O–H groups in total. The van der Waals surface area contributed by atoms with E-state index in [2.05, 4.69) is 4.74 Å². The second-order valence-electron chi connectivity index (χ2n) is 5.22. The molecule has 2 rings (SSSR count). The molecular formula is C18H20F2N2O2. The van der Waals surface area contributed by atoms with Gasteiger partial charge in [0.2, 0.25) is 0 Å². The van der Waals surface area contributed by atoms with Crippen molar-refractivity contribution in [2.45, 2.75) is 13.0 Å². The van der Waals surface area contributed by atoms with Crippen molar-refractivity contribution in [3.63, 3.8) is 0 Å². The second-order valence-corrected chi connectivity index (χ2v) is 5.22. The lowest BCUT2D eigenvalue weighted by atomic mass is 10.1. The fraction of sp³-hybridized carbons (Fsp3) is 0.278. The first kappa shape index (κ1) is 17.9. The van der Waals surface area contributed by atoms with Gasteiger partial charge in [-0.1, -0.05) is 36.4 Å². The summed E-state index contributed by atoms with van der Waals surface area (Å²) in [5.41, 5.74) is 7.01. The van der Waals surface area contributed by atoms with Crippen molar-refractivity contribution in [3.05, 3.63) is 65.7 Å². The molecule has 0 aromatic heterocycles. The van der Waals surface area contributed by atoms with Crippen LogP contribution in [0.2, 0.25) is 0 Å². The molecule has 0 aliphatic heterocycles. The summed E-state index contributed by atoms with van der Waals surface area (Å²) in [6, 6.07) is 15.6. The minimum absolute atomic E-state index is 0.0355. The summed E-state index contributed by atoms with van der Waals surface area (Å²) in [5, 5.41) is 0. The first-order valence-corrected chi connectivity index (χ1v) is 7.68. The van der Waals surface area contributed by atoms with E-state index in [-0.39, 0.29) is 11.7 Å². The summed E-state index contributed by atoms with van der Waals surface area (Å²) in [6.07, 6.45) is 0.694. The number of benzene rings is 2. The van der Waals surface area contributed by atoms with E-state index in [0.29, 0.717) is 31.6 Å². The molecule has 0 fully saturated rings. The molecule has 0 unspecified atom stereocenters. The number of alkyl halides is 2. The molecule has 0 atom stereocenters. The third kappa shape index (κ3) is 5.31. The van der Waals surface area contributed by atoms with E-state index in [1.54, 1.807) is 11.0 Å². The van der Waals surface area contributed by atoms with Crippen LogP contribution in [-0.2, 0) is 6.42 Å². The summed E-state index contributed by atoms with van der Waals surface area (Å²) >= 11 is 0. The maximum atomic E-state index is 12.6. The minimum atomic E-state index is -2.92. The number of nitrogens with two attached hydrogens (primary N) is 1. The average Bonchev–Trinajstić information content (AvgIpc) is 2.58. The summed E-state index contributed by atoms with van der Waals surface area (Å²) in [7, 11) is 0. The van der Waals surface area contributed by atoms with Gasteiger partial charge in [0.1, 0.15) is 5.75 Å². The smallest absolute Gasteiger partial charge is 0.387 e. The van der Waals surface area contributed by atoms with Gasteiger partial charge in [0.25, 0.3) is 5.91 Å². The van der Waals surface area contributed by atoms with Crippen LogP contribution in [0.1, 0.15) is 15.9 Å². The SMILES string of the molecule is NCCN(CCc1ccccc1)C(=O)c1cccc(OC(F)F)c1. The van der Waals surface area contributed by atoms with E-state index < -0.39 is 6.61 Å². The van der Waals surface area contributed by atoms with Gasteiger partial charge in [-0.3, -0.25) is 4.79 Å². The fourth-order valence-electron chi connectivity index (χ4n) is 2.37. The molecule has 24 heavy (non-hydrogen) atoms. The third-order valence-electron chi connectivity index (χ3n) is 3.51. The third-order valence-corrected chi connectivity index (χ3v) is 3.51. The van der Waals surface area contributed by atoms with Crippen molar-refractivity contribution in [3.8, 4) is 5.75 Å². The molecule has 2 aromatic rings. The maximum Gasteiger partial charge on any atom is 0.387 e. The Labute approximate surface area is 139 Å². The zero-order valence-corrected chi connectivity index (χ0v) is 13.2. The Bertz CT molecular complexity index is 650. The highest BCUT2D eigenvalue weighted by Gasteiger charge is 2.16. The number of carbonyl (C=O) groups is 1. The molecule has 0 saturated carbocycles. The minimum Gasteiger partial charge on any atom is -0.435 e. The van der Waals surface area contributed by atoms with E-state index in [0.717, 1.165) is 5.56 Å². The number of halogens is 2. The zero-order valence-electron chi connectivity index (χ0n) is 13.2. The standard InChI is InChI=1S/C18H20F2N2O2/c19-18(20)24-16-8-4-7-15(13-16)17(23)22(12-10-21)11-9-14-5-2-1-3-6-14/h1-8,13,18H,9-12,21H2. The number of hydrogen-bond donors (Lipinski definition) is 1. The molecule has 0 aliphatic rings. The van der Waals surface area contributed by atoms with Gasteiger partial charge in [-0.05, 0) is 30.2 Å². The predicted molar refractivity (Wildman–Crippen MR) is 88.2 cm³/mol. The largest absolute Gasteiger partial charge is 0.435 e. The van der Waals surface area contributed by atoms with Crippen LogP contribution in [0.5, 0.6) is 5.75 Å². The second kappa shape index (κ2) is 8.98. The molecule has 0 bridgehead atoms. The van der Waals surface area contributed by atoms with E-state index in [4.69, 9.17) is 5.73 Å². The normalized spacial score (nSPS) is 10.7. The molecule has 0 aliphatic carbocycles. The first-order valence-electron chi connectivity index (χ1n) is 7.68. The first-order chi connectivity index (χ1) is 11.6. The lowest BCUT2D eigenvalue weighted by molar-refractivity contribution is -0.0499. The lowest BCUT2D eigenvalue weighted by Crippen LogP contribution is -2.37. The van der Waals surface area contributed by atoms with Gasteiger partial charge in [-0.25, -0.2) is 0 Å². The van der Waals surface area contributed by atoms with E-state index in [1.807, 2.05) is 30.3 Å². The Balaban J connectivity index is 2.07. The number of amides is 1. The van der Waals surface area contributed by atoms with E-state index in [1.165, 1.54) is 18.2 Å². The van der Waals surface area contributed by atoms with Crippen LogP contribution in [-0.4, -0.2) is 37.1 Å². The van der Waals surface area contributed by atoms with Gasteiger partial charge in [0.15, 0.2) is 0 Å². The van der Waals surface area contributed by atoms with Gasteiger partial charge in [-0.2, -0.15) is 8.78 Å². The van der Waals surface area contributed by atoms with Crippen molar-refractivity contribution in [2.75, 3.05) is 19.6 Å². The molecule has 6 heteroatoms. The summed E-state index contributed by atoms with van der Waals surface area (Å²) in [6.45, 7) is -1.70. The molecule has 0 saturated heterocycles. The van der Waals surface area contributed by atoms with Crippen molar-refractivity contribution < 1.29 is 18.3 Å². The van der Waals surface area contributed by atoms with Crippen LogP contribution < -0.4 is 10.5 Å². The molecule has 128 valence electrons. The average molecular weight is 334 g/mol. The van der Waals surface area contributed by atoms with E-state index >= 15 is 0 Å². The van der Waals surface area contributed by atoms with Crippen molar-refractivity contribution >= 4 is 5.91 Å². The van der Waals surface area contributed by atoms with Crippen LogP contribution >= 0.6 is 0 Å². The lowest BCUT2D eigenvalue weighted by Gasteiger charge is -2.22. The molecule has 4 nitrogen and oxygen atoms in total. The van der Waals surface area contributed by atoms with Crippen molar-refractivity contribution in [1.82, 2.24) is 4.90 Å². The number of rotatable bonds is 8. The molecule has 0 spiro atoms. The van der Waals surface area contributed by atoms with E-state index in [9.17, 15) is 13.6 Å². The van der Waals surface area contributed by atoms with Crippen LogP contribution in [0.3, 0.4) is 0 Å². The summed E-state index contributed by atoms with van der Waals surface area (Å²) in [5.74, 6) is -0.289. The molecule has 2 aromatic carbocycles. The molecular weight excluding hydrogens is 314 g/mol. The topological polar surface area (TPSA) is 55.6 Å². The molecule has 1 amide bonds. The Morgan fingerprint density at radius 2 is 1.83 bits per heavy atom. The highest BCUT2D eigenvalue weighted by atomic mass is 19.3.